The molecule has 0 aromatic heterocycles. The Morgan fingerprint density at radius 1 is 1.17 bits per heavy atom. The molecule has 5 nitrogen and oxygen atoms in total. The van der Waals surface area contributed by atoms with Gasteiger partial charge in [0.15, 0.2) is 0 Å². The Labute approximate surface area is 110 Å². The molecule has 0 spiro atoms. The minimum atomic E-state index is -1.08. The van der Waals surface area contributed by atoms with E-state index in [2.05, 4.69) is 13.8 Å². The molecule has 1 aliphatic rings. The van der Waals surface area contributed by atoms with E-state index >= 15 is 0 Å². The van der Waals surface area contributed by atoms with Gasteiger partial charge in [0, 0.05) is 12.8 Å². The maximum Gasteiger partial charge on any atom is 0.303 e. The lowest BCUT2D eigenvalue weighted by atomic mass is 10.2. The first kappa shape index (κ1) is 19.2. The molecule has 3 N–H and O–H groups in total. The van der Waals surface area contributed by atoms with Crippen molar-refractivity contribution in [2.75, 3.05) is 13.1 Å². The number of hydrogen-bond donors (Lipinski definition) is 3. The molecule has 0 aromatic carbocycles. The first-order valence-electron chi connectivity index (χ1n) is 6.29. The van der Waals surface area contributed by atoms with E-state index in [4.69, 9.17) is 10.2 Å². The number of rotatable bonds is 5. The quantitative estimate of drug-likeness (QED) is 0.691. The number of carboxylic acids is 2. The fraction of sp³-hybridized carbons (Fsp3) is 0.846. The standard InChI is InChI=1S/C8H17N.C4H6O4.CH4/c1-3-8-6-5-7-9(8)4-2;5-3(6)1-2-4(7)8;/h8H,3-7H2,1-2H3;1-2H2,(H,5,6)(H,7,8);1H4/p+1. The monoisotopic (exact) mass is 262 g/mol. The summed E-state index contributed by atoms with van der Waals surface area (Å²) < 4.78 is 0. The summed E-state index contributed by atoms with van der Waals surface area (Å²) in [7, 11) is 0. The van der Waals surface area contributed by atoms with E-state index in [1.165, 1.54) is 32.4 Å². The summed E-state index contributed by atoms with van der Waals surface area (Å²) in [6.45, 7) is 7.36. The van der Waals surface area contributed by atoms with Crippen LogP contribution in [0.1, 0.15) is 53.4 Å². The van der Waals surface area contributed by atoms with E-state index in [0.29, 0.717) is 0 Å². The van der Waals surface area contributed by atoms with Crippen LogP contribution in [-0.2, 0) is 9.59 Å². The van der Waals surface area contributed by atoms with Crippen molar-refractivity contribution in [3.05, 3.63) is 0 Å². The molecule has 2 atom stereocenters. The lowest BCUT2D eigenvalue weighted by molar-refractivity contribution is -0.910. The smallest absolute Gasteiger partial charge is 0.303 e. The Kier molecular flexibility index (Phi) is 11.8. The molecule has 0 saturated carbocycles. The minimum Gasteiger partial charge on any atom is -0.481 e. The van der Waals surface area contributed by atoms with Crippen LogP contribution >= 0.6 is 0 Å². The van der Waals surface area contributed by atoms with Gasteiger partial charge in [0.1, 0.15) is 0 Å². The van der Waals surface area contributed by atoms with Crippen molar-refractivity contribution in [2.45, 2.75) is 59.4 Å². The zero-order valence-corrected chi connectivity index (χ0v) is 10.7. The first-order valence-corrected chi connectivity index (χ1v) is 6.29. The number of likely N-dealkylation sites (tertiary alicyclic amines) is 1. The normalized spacial score (nSPS) is 21.4. The van der Waals surface area contributed by atoms with Gasteiger partial charge in [-0.15, -0.1) is 0 Å². The van der Waals surface area contributed by atoms with Crippen LogP contribution < -0.4 is 4.90 Å². The van der Waals surface area contributed by atoms with Gasteiger partial charge in [-0.05, 0) is 13.3 Å². The molecule has 0 aromatic rings. The second-order valence-electron chi connectivity index (χ2n) is 4.30. The number of hydrogen-bond acceptors (Lipinski definition) is 2. The largest absolute Gasteiger partial charge is 0.481 e. The molecule has 0 amide bonds. The van der Waals surface area contributed by atoms with Crippen LogP contribution in [0.2, 0.25) is 0 Å². The van der Waals surface area contributed by atoms with Crippen molar-refractivity contribution in [3.63, 3.8) is 0 Å². The lowest BCUT2D eigenvalue weighted by Crippen LogP contribution is -3.13. The number of carboxylic acid groups (broad SMARTS) is 2. The molecule has 5 heteroatoms. The van der Waals surface area contributed by atoms with Gasteiger partial charge in [0.2, 0.25) is 0 Å². The molecular formula is C13H28NO4+. The van der Waals surface area contributed by atoms with Crippen LogP contribution in [-0.4, -0.2) is 41.3 Å². The van der Waals surface area contributed by atoms with Gasteiger partial charge in [-0.25, -0.2) is 0 Å². The number of carbonyl (C=O) groups is 2. The highest BCUT2D eigenvalue weighted by Gasteiger charge is 2.24. The summed E-state index contributed by atoms with van der Waals surface area (Å²) in [5.41, 5.74) is 0. The van der Waals surface area contributed by atoms with Gasteiger partial charge in [0.05, 0.1) is 32.0 Å². The average Bonchev–Trinajstić information content (AvgIpc) is 2.74. The zero-order valence-electron chi connectivity index (χ0n) is 10.7. The molecule has 1 fully saturated rings. The highest BCUT2D eigenvalue weighted by Crippen LogP contribution is 2.02. The molecule has 0 bridgehead atoms. The third-order valence-electron chi connectivity index (χ3n) is 3.13. The SMILES string of the molecule is C.CCC1CCC[NH+]1CC.O=C(O)CCC(=O)O. The van der Waals surface area contributed by atoms with Gasteiger partial charge in [-0.1, -0.05) is 14.4 Å². The van der Waals surface area contributed by atoms with Crippen molar-refractivity contribution < 1.29 is 24.7 Å². The highest BCUT2D eigenvalue weighted by atomic mass is 16.4. The Bertz CT molecular complexity index is 219. The van der Waals surface area contributed by atoms with Crippen LogP contribution in [0.25, 0.3) is 0 Å². The Morgan fingerprint density at radius 3 is 1.94 bits per heavy atom. The van der Waals surface area contributed by atoms with E-state index in [1.807, 2.05) is 4.90 Å². The second-order valence-corrected chi connectivity index (χ2v) is 4.30. The van der Waals surface area contributed by atoms with Gasteiger partial charge in [0.25, 0.3) is 0 Å². The molecule has 0 radical (unpaired) electrons. The van der Waals surface area contributed by atoms with Gasteiger partial charge >= 0.3 is 11.9 Å². The molecule has 2 unspecified atom stereocenters. The summed E-state index contributed by atoms with van der Waals surface area (Å²) in [6.07, 6.45) is 3.72. The molecular weight excluding hydrogens is 234 g/mol. The number of nitrogens with one attached hydrogen (secondary N) is 1. The average molecular weight is 262 g/mol. The third-order valence-corrected chi connectivity index (χ3v) is 3.13. The van der Waals surface area contributed by atoms with Crippen LogP contribution in [0.15, 0.2) is 0 Å². The summed E-state index contributed by atoms with van der Waals surface area (Å²) in [5.74, 6) is -2.15. The second kappa shape index (κ2) is 11.0. The number of aliphatic carboxylic acids is 2. The zero-order chi connectivity index (χ0) is 13.3. The van der Waals surface area contributed by atoms with E-state index in [0.717, 1.165) is 6.04 Å². The Balaban J connectivity index is 0. The minimum absolute atomic E-state index is 0. The van der Waals surface area contributed by atoms with Crippen molar-refractivity contribution in [3.8, 4) is 0 Å². The first-order chi connectivity index (χ1) is 8.01. The topological polar surface area (TPSA) is 79.0 Å². The van der Waals surface area contributed by atoms with Crippen molar-refractivity contribution >= 4 is 11.9 Å². The summed E-state index contributed by atoms with van der Waals surface area (Å²) in [5, 5.41) is 15.8. The van der Waals surface area contributed by atoms with Crippen molar-refractivity contribution in [1.29, 1.82) is 0 Å². The van der Waals surface area contributed by atoms with Crippen LogP contribution in [0.3, 0.4) is 0 Å². The maximum atomic E-state index is 9.64. The van der Waals surface area contributed by atoms with E-state index in [1.54, 1.807) is 0 Å². The summed E-state index contributed by atoms with van der Waals surface area (Å²) in [6, 6.07) is 0.995. The van der Waals surface area contributed by atoms with Gasteiger partial charge in [-0.3, -0.25) is 9.59 Å². The van der Waals surface area contributed by atoms with Gasteiger partial charge in [-0.2, -0.15) is 0 Å². The van der Waals surface area contributed by atoms with E-state index < -0.39 is 11.9 Å². The molecule has 0 aliphatic carbocycles. The predicted octanol–water partition coefficient (Wildman–Crippen LogP) is 1.04. The molecule has 108 valence electrons. The Morgan fingerprint density at radius 2 is 1.67 bits per heavy atom. The third kappa shape index (κ3) is 8.98. The maximum absolute atomic E-state index is 9.64. The summed E-state index contributed by atoms with van der Waals surface area (Å²) in [4.78, 5) is 21.1. The number of quaternary nitrogens is 1. The highest BCUT2D eigenvalue weighted by molar-refractivity contribution is 5.75. The van der Waals surface area contributed by atoms with E-state index in [-0.39, 0.29) is 20.3 Å². The fourth-order valence-corrected chi connectivity index (χ4v) is 2.16. The predicted molar refractivity (Wildman–Crippen MR) is 70.9 cm³/mol. The van der Waals surface area contributed by atoms with Crippen LogP contribution in [0, 0.1) is 0 Å². The van der Waals surface area contributed by atoms with Crippen molar-refractivity contribution in [2.24, 2.45) is 0 Å². The fourth-order valence-electron chi connectivity index (χ4n) is 2.16. The summed E-state index contributed by atoms with van der Waals surface area (Å²) >= 11 is 0. The lowest BCUT2D eigenvalue weighted by Gasteiger charge is -2.17. The molecule has 1 heterocycles. The van der Waals surface area contributed by atoms with Crippen LogP contribution in [0.5, 0.6) is 0 Å². The van der Waals surface area contributed by atoms with Crippen molar-refractivity contribution in [1.82, 2.24) is 0 Å². The molecule has 18 heavy (non-hydrogen) atoms. The van der Waals surface area contributed by atoms with E-state index in [9.17, 15) is 9.59 Å². The molecule has 1 aliphatic heterocycles. The molecule has 1 rings (SSSR count). The van der Waals surface area contributed by atoms with Crippen LogP contribution in [0.4, 0.5) is 0 Å². The molecule has 1 saturated heterocycles. The Hall–Kier alpha value is -1.10. The van der Waals surface area contributed by atoms with Gasteiger partial charge < -0.3 is 15.1 Å².